The summed E-state index contributed by atoms with van der Waals surface area (Å²) in [6.07, 6.45) is 3.27. The molecule has 5 heteroatoms. The number of hydrogen-bond acceptors (Lipinski definition) is 3. The van der Waals surface area contributed by atoms with Gasteiger partial charge in [0.15, 0.2) is 0 Å². The Hall–Kier alpha value is -2.04. The third-order valence-electron chi connectivity index (χ3n) is 4.89. The van der Waals surface area contributed by atoms with E-state index < -0.39 is 0 Å². The highest BCUT2D eigenvalue weighted by molar-refractivity contribution is 6.31. The van der Waals surface area contributed by atoms with E-state index in [9.17, 15) is 4.79 Å². The van der Waals surface area contributed by atoms with E-state index in [0.717, 1.165) is 30.1 Å². The van der Waals surface area contributed by atoms with E-state index in [1.807, 2.05) is 43.3 Å². The molecule has 1 aliphatic heterocycles. The number of benzene rings is 2. The van der Waals surface area contributed by atoms with Gasteiger partial charge < -0.3 is 10.1 Å². The quantitative estimate of drug-likeness (QED) is 0.715. The Kier molecular flexibility index (Phi) is 7.13. The lowest BCUT2D eigenvalue weighted by molar-refractivity contribution is 0.0934. The molecule has 144 valence electrons. The van der Waals surface area contributed by atoms with Crippen LogP contribution in [0, 0.1) is 0 Å². The summed E-state index contributed by atoms with van der Waals surface area (Å²) in [5.74, 6) is 0.519. The molecule has 0 radical (unpaired) electrons. The largest absolute Gasteiger partial charge is 0.493 e. The maximum absolute atomic E-state index is 12.8. The molecule has 0 bridgehead atoms. The van der Waals surface area contributed by atoms with Crippen LogP contribution in [0.15, 0.2) is 48.5 Å². The van der Waals surface area contributed by atoms with Crippen LogP contribution in [0.1, 0.15) is 48.1 Å². The molecule has 1 fully saturated rings. The van der Waals surface area contributed by atoms with Crippen molar-refractivity contribution in [2.24, 2.45) is 0 Å². The number of nitrogens with zero attached hydrogens (tertiary/aromatic N) is 1. The minimum absolute atomic E-state index is 0.0777. The van der Waals surface area contributed by atoms with Crippen LogP contribution in [0.3, 0.4) is 0 Å². The van der Waals surface area contributed by atoms with E-state index in [1.54, 1.807) is 6.07 Å². The number of amides is 1. The Labute approximate surface area is 166 Å². The van der Waals surface area contributed by atoms with Crippen molar-refractivity contribution in [3.8, 4) is 5.75 Å². The van der Waals surface area contributed by atoms with Crippen molar-refractivity contribution in [2.45, 2.75) is 32.2 Å². The molecule has 0 aromatic heterocycles. The Morgan fingerprint density at radius 3 is 2.59 bits per heavy atom. The smallest absolute Gasteiger partial charge is 0.255 e. The van der Waals surface area contributed by atoms with Crippen LogP contribution >= 0.6 is 11.6 Å². The lowest BCUT2D eigenvalue weighted by Gasteiger charge is -2.29. The lowest BCUT2D eigenvalue weighted by atomic mass is 10.0. The van der Waals surface area contributed by atoms with E-state index in [-0.39, 0.29) is 11.9 Å². The van der Waals surface area contributed by atoms with Gasteiger partial charge in [-0.05, 0) is 56.1 Å². The Morgan fingerprint density at radius 2 is 1.85 bits per heavy atom. The van der Waals surface area contributed by atoms with Gasteiger partial charge in [0.2, 0.25) is 0 Å². The first-order chi connectivity index (χ1) is 13.2. The second-order valence-electron chi connectivity index (χ2n) is 6.84. The molecule has 2 aromatic rings. The number of para-hydroxylation sites is 1. The SMILES string of the molecule is CCCOc1ccccc1C(=O)NC[C@@H](c1ccccc1Cl)N1CCCC1. The number of likely N-dealkylation sites (tertiary alicyclic amines) is 1. The van der Waals surface area contributed by atoms with Gasteiger partial charge in [0, 0.05) is 11.6 Å². The second kappa shape index (κ2) is 9.77. The van der Waals surface area contributed by atoms with Crippen molar-refractivity contribution < 1.29 is 9.53 Å². The first-order valence-corrected chi connectivity index (χ1v) is 10.1. The first-order valence-electron chi connectivity index (χ1n) is 9.69. The molecule has 1 amide bonds. The van der Waals surface area contributed by atoms with Crippen LogP contribution in [-0.4, -0.2) is 37.0 Å². The van der Waals surface area contributed by atoms with Gasteiger partial charge in [0.1, 0.15) is 5.75 Å². The van der Waals surface area contributed by atoms with Crippen LogP contribution in [0.2, 0.25) is 5.02 Å². The highest BCUT2D eigenvalue weighted by atomic mass is 35.5. The highest BCUT2D eigenvalue weighted by Crippen LogP contribution is 2.30. The van der Waals surface area contributed by atoms with E-state index in [1.165, 1.54) is 12.8 Å². The zero-order valence-electron chi connectivity index (χ0n) is 15.8. The van der Waals surface area contributed by atoms with Crippen molar-refractivity contribution in [2.75, 3.05) is 26.2 Å². The van der Waals surface area contributed by atoms with Crippen molar-refractivity contribution >= 4 is 17.5 Å². The molecule has 4 nitrogen and oxygen atoms in total. The summed E-state index contributed by atoms with van der Waals surface area (Å²) in [6, 6.07) is 15.4. The topological polar surface area (TPSA) is 41.6 Å². The van der Waals surface area contributed by atoms with Crippen LogP contribution in [0.4, 0.5) is 0 Å². The number of rotatable bonds is 8. The van der Waals surface area contributed by atoms with Gasteiger partial charge in [-0.2, -0.15) is 0 Å². The summed E-state index contributed by atoms with van der Waals surface area (Å²) in [5.41, 5.74) is 1.64. The van der Waals surface area contributed by atoms with Gasteiger partial charge >= 0.3 is 0 Å². The predicted octanol–water partition coefficient (Wildman–Crippen LogP) is 4.70. The molecule has 0 aliphatic carbocycles. The maximum atomic E-state index is 12.8. The fourth-order valence-corrected chi connectivity index (χ4v) is 3.77. The molecule has 1 saturated heterocycles. The molecular weight excluding hydrogens is 360 g/mol. The minimum atomic E-state index is -0.113. The molecule has 0 saturated carbocycles. The molecule has 0 unspecified atom stereocenters. The summed E-state index contributed by atoms with van der Waals surface area (Å²) in [6.45, 7) is 5.22. The van der Waals surface area contributed by atoms with E-state index in [0.29, 0.717) is 24.5 Å². The van der Waals surface area contributed by atoms with Crippen LogP contribution < -0.4 is 10.1 Å². The Morgan fingerprint density at radius 1 is 1.15 bits per heavy atom. The molecule has 0 spiro atoms. The molecule has 2 aromatic carbocycles. The molecular formula is C22H27ClN2O2. The van der Waals surface area contributed by atoms with E-state index in [4.69, 9.17) is 16.3 Å². The first kappa shape index (κ1) is 19.7. The van der Waals surface area contributed by atoms with Crippen molar-refractivity contribution in [1.29, 1.82) is 0 Å². The monoisotopic (exact) mass is 386 g/mol. The fraction of sp³-hybridized carbons (Fsp3) is 0.409. The van der Waals surface area contributed by atoms with Gasteiger partial charge in [0.05, 0.1) is 18.2 Å². The molecule has 1 aliphatic rings. The van der Waals surface area contributed by atoms with Crippen LogP contribution in [0.25, 0.3) is 0 Å². The number of carbonyl (C=O) groups is 1. The fourth-order valence-electron chi connectivity index (χ4n) is 3.51. The summed E-state index contributed by atoms with van der Waals surface area (Å²) in [7, 11) is 0. The lowest BCUT2D eigenvalue weighted by Crippen LogP contribution is -2.37. The van der Waals surface area contributed by atoms with E-state index >= 15 is 0 Å². The molecule has 3 rings (SSSR count). The average molecular weight is 387 g/mol. The van der Waals surface area contributed by atoms with E-state index in [2.05, 4.69) is 16.3 Å². The standard InChI is InChI=1S/C22H27ClN2O2/c1-2-15-27-21-12-6-4-10-18(21)22(26)24-16-20(25-13-7-8-14-25)17-9-3-5-11-19(17)23/h3-6,9-12,20H,2,7-8,13-16H2,1H3,(H,24,26)/t20-/m0/s1. The number of halogens is 1. The average Bonchev–Trinajstić information content (AvgIpc) is 3.22. The normalized spacial score (nSPS) is 15.5. The van der Waals surface area contributed by atoms with Gasteiger partial charge in [-0.3, -0.25) is 9.69 Å². The minimum Gasteiger partial charge on any atom is -0.493 e. The number of nitrogens with one attached hydrogen (secondary N) is 1. The maximum Gasteiger partial charge on any atom is 0.255 e. The van der Waals surface area contributed by atoms with Gasteiger partial charge in [-0.25, -0.2) is 0 Å². The zero-order chi connectivity index (χ0) is 19.1. The molecule has 27 heavy (non-hydrogen) atoms. The summed E-state index contributed by atoms with van der Waals surface area (Å²) in [4.78, 5) is 15.2. The third-order valence-corrected chi connectivity index (χ3v) is 5.24. The van der Waals surface area contributed by atoms with Gasteiger partial charge in [-0.15, -0.1) is 0 Å². The van der Waals surface area contributed by atoms with Crippen molar-refractivity contribution in [3.05, 3.63) is 64.7 Å². The second-order valence-corrected chi connectivity index (χ2v) is 7.24. The van der Waals surface area contributed by atoms with Gasteiger partial charge in [-0.1, -0.05) is 48.9 Å². The summed E-state index contributed by atoms with van der Waals surface area (Å²) in [5, 5.41) is 3.84. The molecule has 1 atom stereocenters. The summed E-state index contributed by atoms with van der Waals surface area (Å²) < 4.78 is 5.73. The summed E-state index contributed by atoms with van der Waals surface area (Å²) >= 11 is 6.45. The number of hydrogen-bond donors (Lipinski definition) is 1. The highest BCUT2D eigenvalue weighted by Gasteiger charge is 2.26. The third kappa shape index (κ3) is 5.02. The van der Waals surface area contributed by atoms with Crippen molar-refractivity contribution in [1.82, 2.24) is 10.2 Å². The Bertz CT molecular complexity index is 759. The molecule has 1 heterocycles. The van der Waals surface area contributed by atoms with Crippen molar-refractivity contribution in [3.63, 3.8) is 0 Å². The number of ether oxygens (including phenoxy) is 1. The number of carbonyl (C=O) groups excluding carboxylic acids is 1. The molecule has 1 N–H and O–H groups in total. The van der Waals surface area contributed by atoms with Crippen LogP contribution in [0.5, 0.6) is 5.75 Å². The predicted molar refractivity (Wildman–Crippen MR) is 110 cm³/mol. The Balaban J connectivity index is 1.74. The van der Waals surface area contributed by atoms with Crippen LogP contribution in [-0.2, 0) is 0 Å². The van der Waals surface area contributed by atoms with Gasteiger partial charge in [0.25, 0.3) is 5.91 Å². The zero-order valence-corrected chi connectivity index (χ0v) is 16.5.